The molecule has 2 aromatic rings. The van der Waals surface area contributed by atoms with Crippen molar-refractivity contribution in [3.05, 3.63) is 51.7 Å². The summed E-state index contributed by atoms with van der Waals surface area (Å²) in [5.41, 5.74) is 1.35. The van der Waals surface area contributed by atoms with E-state index in [1.54, 1.807) is 13.1 Å². The number of nitrogens with one attached hydrogen (secondary N) is 3. The van der Waals surface area contributed by atoms with E-state index < -0.39 is 0 Å². The number of carbonyl (C=O) groups is 1. The summed E-state index contributed by atoms with van der Waals surface area (Å²) in [5.74, 6) is 0.922. The zero-order valence-electron chi connectivity index (χ0n) is 12.6. The van der Waals surface area contributed by atoms with Gasteiger partial charge in [-0.15, -0.1) is 11.8 Å². The molecule has 0 radical (unpaired) electrons. The molecule has 0 spiro atoms. The Balaban J connectivity index is 0.000000299. The molecule has 1 aliphatic heterocycles. The van der Waals surface area contributed by atoms with Crippen LogP contribution in [0.25, 0.3) is 10.9 Å². The highest BCUT2D eigenvalue weighted by Crippen LogP contribution is 2.16. The maximum Gasteiger partial charge on any atom is 0.261 e. The van der Waals surface area contributed by atoms with Gasteiger partial charge in [0.05, 0.1) is 5.52 Å². The predicted octanol–water partition coefficient (Wildman–Crippen LogP) is 2.57. The Bertz CT molecular complexity index is 747. The van der Waals surface area contributed by atoms with Gasteiger partial charge in [-0.2, -0.15) is 0 Å². The number of pyridine rings is 1. The molecule has 0 atom stereocenters. The Morgan fingerprint density at radius 2 is 2.09 bits per heavy atom. The molecule has 0 bridgehead atoms. The lowest BCUT2D eigenvalue weighted by molar-refractivity contribution is 0.0962. The zero-order valence-corrected chi connectivity index (χ0v) is 13.4. The molecule has 0 unspecified atom stereocenters. The number of aromatic nitrogens is 1. The number of rotatable bonds is 2. The minimum atomic E-state index is -0.384. The van der Waals surface area contributed by atoms with Crippen LogP contribution in [0.1, 0.15) is 16.8 Å². The van der Waals surface area contributed by atoms with E-state index in [1.165, 1.54) is 19.2 Å². The minimum absolute atomic E-state index is 0.122. The van der Waals surface area contributed by atoms with Crippen molar-refractivity contribution in [2.75, 3.05) is 25.2 Å². The van der Waals surface area contributed by atoms with Gasteiger partial charge in [0.25, 0.3) is 11.5 Å². The highest BCUT2D eigenvalue weighted by Gasteiger charge is 2.09. The lowest BCUT2D eigenvalue weighted by Crippen LogP contribution is -2.26. The number of allylic oxidation sites excluding steroid dienone is 1. The maximum absolute atomic E-state index is 11.7. The van der Waals surface area contributed by atoms with E-state index in [0.717, 1.165) is 11.1 Å². The molecule has 0 aliphatic carbocycles. The van der Waals surface area contributed by atoms with Gasteiger partial charge in [-0.1, -0.05) is 12.1 Å². The monoisotopic (exact) mass is 317 g/mol. The number of fused-ring (bicyclic) bond motifs is 1. The first kappa shape index (κ1) is 16.2. The Kier molecular flexibility index (Phi) is 5.66. The molecule has 22 heavy (non-hydrogen) atoms. The van der Waals surface area contributed by atoms with Gasteiger partial charge >= 0.3 is 0 Å². The van der Waals surface area contributed by atoms with Crippen LogP contribution in [0.3, 0.4) is 0 Å². The lowest BCUT2D eigenvalue weighted by Gasteiger charge is -2.04. The lowest BCUT2D eigenvalue weighted by atomic mass is 10.1. The first-order valence-electron chi connectivity index (χ1n) is 6.99. The molecule has 2 heterocycles. The molecule has 5 nitrogen and oxygen atoms in total. The first-order valence-corrected chi connectivity index (χ1v) is 8.04. The molecule has 0 saturated carbocycles. The van der Waals surface area contributed by atoms with Crippen molar-refractivity contribution < 1.29 is 4.79 Å². The van der Waals surface area contributed by atoms with E-state index in [9.17, 15) is 9.59 Å². The van der Waals surface area contributed by atoms with Crippen molar-refractivity contribution in [2.45, 2.75) is 6.42 Å². The average molecular weight is 317 g/mol. The van der Waals surface area contributed by atoms with Gasteiger partial charge in [-0.25, -0.2) is 0 Å². The van der Waals surface area contributed by atoms with Gasteiger partial charge in [0.1, 0.15) is 5.56 Å². The number of anilines is 1. The number of benzene rings is 1. The summed E-state index contributed by atoms with van der Waals surface area (Å²) in [6, 6.07) is 7.15. The summed E-state index contributed by atoms with van der Waals surface area (Å²) in [4.78, 5) is 25.8. The number of amides is 1. The SMILES string of the molecule is C1=CSCC1.CNC(=O)c1cc2ccc(NC)cc2[nH]c1=O. The summed E-state index contributed by atoms with van der Waals surface area (Å²) >= 11 is 1.89. The van der Waals surface area contributed by atoms with Crippen molar-refractivity contribution in [2.24, 2.45) is 0 Å². The van der Waals surface area contributed by atoms with Crippen molar-refractivity contribution in [1.82, 2.24) is 10.3 Å². The van der Waals surface area contributed by atoms with Crippen LogP contribution in [0.15, 0.2) is 40.5 Å². The summed E-state index contributed by atoms with van der Waals surface area (Å²) < 4.78 is 0. The fourth-order valence-corrected chi connectivity index (χ4v) is 2.68. The fraction of sp³-hybridized carbons (Fsp3) is 0.250. The third-order valence-electron chi connectivity index (χ3n) is 3.20. The number of hydrogen-bond donors (Lipinski definition) is 3. The summed E-state index contributed by atoms with van der Waals surface area (Å²) in [7, 11) is 3.30. The Hall–Kier alpha value is -2.21. The number of H-pyrrole nitrogens is 1. The quantitative estimate of drug-likeness (QED) is 0.796. The second kappa shape index (κ2) is 7.70. The van der Waals surface area contributed by atoms with Crippen LogP contribution in [0.5, 0.6) is 0 Å². The Labute approximate surface area is 133 Å². The van der Waals surface area contributed by atoms with Gasteiger partial charge in [0.2, 0.25) is 0 Å². The molecule has 1 aromatic heterocycles. The largest absolute Gasteiger partial charge is 0.388 e. The zero-order chi connectivity index (χ0) is 15.9. The number of aromatic amines is 1. The number of thioether (sulfide) groups is 1. The summed E-state index contributed by atoms with van der Waals surface area (Å²) in [6.45, 7) is 0. The van der Waals surface area contributed by atoms with E-state index in [-0.39, 0.29) is 17.0 Å². The van der Waals surface area contributed by atoms with Gasteiger partial charge in [-0.3, -0.25) is 9.59 Å². The second-order valence-electron chi connectivity index (χ2n) is 4.67. The topological polar surface area (TPSA) is 74.0 Å². The molecule has 6 heteroatoms. The van der Waals surface area contributed by atoms with Crippen LogP contribution in [0, 0.1) is 0 Å². The smallest absolute Gasteiger partial charge is 0.261 e. The van der Waals surface area contributed by atoms with Crippen LogP contribution < -0.4 is 16.2 Å². The van der Waals surface area contributed by atoms with Crippen molar-refractivity contribution in [3.63, 3.8) is 0 Å². The van der Waals surface area contributed by atoms with Crippen LogP contribution in [-0.2, 0) is 0 Å². The van der Waals surface area contributed by atoms with Gasteiger partial charge in [0, 0.05) is 25.5 Å². The van der Waals surface area contributed by atoms with Crippen molar-refractivity contribution in [3.8, 4) is 0 Å². The van der Waals surface area contributed by atoms with E-state index in [1.807, 2.05) is 30.0 Å². The van der Waals surface area contributed by atoms with E-state index in [4.69, 9.17) is 0 Å². The molecule has 116 valence electrons. The van der Waals surface area contributed by atoms with Gasteiger partial charge < -0.3 is 15.6 Å². The fourth-order valence-electron chi connectivity index (χ4n) is 2.00. The molecule has 1 aromatic carbocycles. The third kappa shape index (κ3) is 3.92. The van der Waals surface area contributed by atoms with Crippen LogP contribution in [-0.4, -0.2) is 30.7 Å². The first-order chi connectivity index (χ1) is 10.7. The van der Waals surface area contributed by atoms with Crippen molar-refractivity contribution in [1.29, 1.82) is 0 Å². The average Bonchev–Trinajstić information content (AvgIpc) is 3.12. The molecule has 3 N–H and O–H groups in total. The highest BCUT2D eigenvalue weighted by atomic mass is 32.2. The molecule has 0 fully saturated rings. The summed E-state index contributed by atoms with van der Waals surface area (Å²) in [5, 5.41) is 8.40. The van der Waals surface area contributed by atoms with Crippen molar-refractivity contribution >= 4 is 34.3 Å². The molecule has 1 amide bonds. The van der Waals surface area contributed by atoms with E-state index in [2.05, 4.69) is 27.1 Å². The Morgan fingerprint density at radius 3 is 2.64 bits per heavy atom. The summed E-state index contributed by atoms with van der Waals surface area (Å²) in [6.07, 6.45) is 3.48. The second-order valence-corrected chi connectivity index (χ2v) is 5.69. The minimum Gasteiger partial charge on any atom is -0.388 e. The predicted molar refractivity (Wildman–Crippen MR) is 93.7 cm³/mol. The molecular weight excluding hydrogens is 298 g/mol. The number of carbonyl (C=O) groups excluding carboxylic acids is 1. The highest BCUT2D eigenvalue weighted by molar-refractivity contribution is 8.02. The molecular formula is C16H19N3O2S. The molecule has 3 rings (SSSR count). The normalized spacial score (nSPS) is 12.6. The van der Waals surface area contributed by atoms with E-state index >= 15 is 0 Å². The molecule has 0 saturated heterocycles. The van der Waals surface area contributed by atoms with Gasteiger partial charge in [-0.05, 0) is 35.4 Å². The standard InChI is InChI=1S/C12H13N3O2.C4H6S/c1-13-8-4-3-7-5-9(11(16)14-2)12(17)15-10(7)6-8;1-2-4-5-3-1/h3-6,13H,1-2H3,(H,14,16)(H,15,17);1,3H,2,4H2. The molecule has 1 aliphatic rings. The number of hydrogen-bond acceptors (Lipinski definition) is 4. The maximum atomic E-state index is 11.7. The Morgan fingerprint density at radius 1 is 1.27 bits per heavy atom. The third-order valence-corrected chi connectivity index (χ3v) is 4.06. The van der Waals surface area contributed by atoms with Gasteiger partial charge in [0.15, 0.2) is 0 Å². The van der Waals surface area contributed by atoms with E-state index in [0.29, 0.717) is 5.52 Å². The van der Waals surface area contributed by atoms with Crippen LogP contribution in [0.2, 0.25) is 0 Å². The van der Waals surface area contributed by atoms with Crippen LogP contribution in [0.4, 0.5) is 5.69 Å². The van der Waals surface area contributed by atoms with Crippen LogP contribution >= 0.6 is 11.8 Å².